The number of anilines is 1. The molecule has 0 spiro atoms. The molecular formula is C21H27IN4O. The Morgan fingerprint density at radius 2 is 1.74 bits per heavy atom. The van der Waals surface area contributed by atoms with Gasteiger partial charge in [0.1, 0.15) is 0 Å². The number of hydrogen-bond acceptors (Lipinski definition) is 2. The largest absolute Gasteiger partial charge is 0.370 e. The molecule has 6 heteroatoms. The number of nitrogens with two attached hydrogens (primary N) is 1. The Morgan fingerprint density at radius 1 is 1.11 bits per heavy atom. The van der Waals surface area contributed by atoms with Gasteiger partial charge in [0.05, 0.1) is 6.54 Å². The van der Waals surface area contributed by atoms with Gasteiger partial charge in [0, 0.05) is 25.2 Å². The number of rotatable bonds is 5. The summed E-state index contributed by atoms with van der Waals surface area (Å²) in [6.45, 7) is 6.20. The molecule has 144 valence electrons. The molecule has 3 rings (SSSR count). The average molecular weight is 478 g/mol. The topological polar surface area (TPSA) is 70.7 Å². The van der Waals surface area contributed by atoms with Gasteiger partial charge in [-0.1, -0.05) is 30.3 Å². The van der Waals surface area contributed by atoms with Crippen LogP contribution >= 0.6 is 24.0 Å². The summed E-state index contributed by atoms with van der Waals surface area (Å²) >= 11 is 0. The van der Waals surface area contributed by atoms with Crippen molar-refractivity contribution < 1.29 is 4.79 Å². The molecule has 0 saturated carbocycles. The summed E-state index contributed by atoms with van der Waals surface area (Å²) in [6, 6.07) is 14.4. The number of guanidine groups is 1. The Bertz CT molecular complexity index is 797. The van der Waals surface area contributed by atoms with Gasteiger partial charge in [-0.2, -0.15) is 0 Å². The van der Waals surface area contributed by atoms with Crippen molar-refractivity contribution in [1.82, 2.24) is 4.90 Å². The molecule has 1 aliphatic rings. The number of likely N-dealkylation sites (tertiary alicyclic amines) is 1. The lowest BCUT2D eigenvalue weighted by Crippen LogP contribution is -2.23. The second kappa shape index (κ2) is 9.73. The summed E-state index contributed by atoms with van der Waals surface area (Å²) in [5.41, 5.74) is 11.6. The Kier molecular flexibility index (Phi) is 7.65. The third kappa shape index (κ3) is 6.23. The summed E-state index contributed by atoms with van der Waals surface area (Å²) in [4.78, 5) is 18.0. The summed E-state index contributed by atoms with van der Waals surface area (Å²) in [5.74, 6) is 0.658. The number of hydrogen-bond donors (Lipinski definition) is 2. The fourth-order valence-electron chi connectivity index (χ4n) is 3.25. The number of carbonyl (C=O) groups excluding carboxylic acids is 1. The number of nitrogens with one attached hydrogen (secondary N) is 1. The van der Waals surface area contributed by atoms with E-state index in [0.717, 1.165) is 29.8 Å². The normalized spacial score (nSPS) is 14.2. The van der Waals surface area contributed by atoms with Gasteiger partial charge in [0.2, 0.25) is 5.91 Å². The molecule has 1 aliphatic heterocycles. The van der Waals surface area contributed by atoms with Crippen LogP contribution in [0.5, 0.6) is 0 Å². The van der Waals surface area contributed by atoms with Crippen molar-refractivity contribution in [2.75, 3.05) is 11.9 Å². The molecule has 0 aromatic heterocycles. The zero-order chi connectivity index (χ0) is 18.5. The van der Waals surface area contributed by atoms with Crippen molar-refractivity contribution in [3.8, 4) is 0 Å². The highest BCUT2D eigenvalue weighted by Gasteiger charge is 2.19. The molecule has 1 heterocycles. The van der Waals surface area contributed by atoms with Crippen LogP contribution in [0, 0.1) is 13.8 Å². The summed E-state index contributed by atoms with van der Waals surface area (Å²) in [6.07, 6.45) is 1.65. The van der Waals surface area contributed by atoms with Gasteiger partial charge in [-0.25, -0.2) is 4.99 Å². The van der Waals surface area contributed by atoms with E-state index in [1.54, 1.807) is 0 Å². The maximum absolute atomic E-state index is 11.7. The first kappa shape index (κ1) is 21.2. The number of benzene rings is 2. The van der Waals surface area contributed by atoms with E-state index in [9.17, 15) is 4.79 Å². The number of carbonyl (C=O) groups is 1. The van der Waals surface area contributed by atoms with Gasteiger partial charge in [-0.15, -0.1) is 24.0 Å². The monoisotopic (exact) mass is 478 g/mol. The van der Waals surface area contributed by atoms with Gasteiger partial charge < -0.3 is 16.0 Å². The molecule has 2 aromatic carbocycles. The van der Waals surface area contributed by atoms with Crippen molar-refractivity contribution in [3.63, 3.8) is 0 Å². The summed E-state index contributed by atoms with van der Waals surface area (Å²) in [7, 11) is 0. The minimum atomic E-state index is 0. The van der Waals surface area contributed by atoms with E-state index < -0.39 is 0 Å². The molecule has 27 heavy (non-hydrogen) atoms. The summed E-state index contributed by atoms with van der Waals surface area (Å²) < 4.78 is 0. The Hall–Kier alpha value is -2.09. The van der Waals surface area contributed by atoms with Crippen molar-refractivity contribution in [2.24, 2.45) is 10.7 Å². The fourth-order valence-corrected chi connectivity index (χ4v) is 3.25. The van der Waals surface area contributed by atoms with E-state index in [0.29, 0.717) is 25.5 Å². The minimum absolute atomic E-state index is 0. The number of aryl methyl sites for hydroxylation is 2. The van der Waals surface area contributed by atoms with Crippen LogP contribution in [0.1, 0.15) is 35.1 Å². The van der Waals surface area contributed by atoms with Crippen molar-refractivity contribution >= 4 is 41.5 Å². The smallest absolute Gasteiger partial charge is 0.222 e. The standard InChI is InChI=1S/C21H26N4O.HI/c1-15-10-16(2)12-19(11-15)24-21(22)23-13-17-5-7-18(8-6-17)14-25-9-3-4-20(25)26;/h5-8,10-12H,3-4,9,13-14H2,1-2H3,(H3,22,23,24);1H. The van der Waals surface area contributed by atoms with E-state index >= 15 is 0 Å². The van der Waals surface area contributed by atoms with Crippen molar-refractivity contribution in [3.05, 3.63) is 64.7 Å². The Labute approximate surface area is 178 Å². The molecular weight excluding hydrogens is 451 g/mol. The molecule has 3 N–H and O–H groups in total. The zero-order valence-electron chi connectivity index (χ0n) is 15.9. The molecule has 1 fully saturated rings. The molecule has 0 unspecified atom stereocenters. The van der Waals surface area contributed by atoms with Crippen LogP contribution in [0.25, 0.3) is 0 Å². The molecule has 0 aliphatic carbocycles. The number of nitrogens with zero attached hydrogens (tertiary/aromatic N) is 2. The maximum Gasteiger partial charge on any atom is 0.222 e. The van der Waals surface area contributed by atoms with Crippen molar-refractivity contribution in [2.45, 2.75) is 39.8 Å². The highest BCUT2D eigenvalue weighted by atomic mass is 127. The van der Waals surface area contributed by atoms with Gasteiger partial charge in [0.25, 0.3) is 0 Å². The number of halogens is 1. The fraction of sp³-hybridized carbons (Fsp3) is 0.333. The quantitative estimate of drug-likeness (QED) is 0.388. The highest BCUT2D eigenvalue weighted by molar-refractivity contribution is 14.0. The molecule has 2 aromatic rings. The lowest BCUT2D eigenvalue weighted by Gasteiger charge is -2.15. The Balaban J connectivity index is 0.00000261. The van der Waals surface area contributed by atoms with Crippen LogP contribution in [0.3, 0.4) is 0 Å². The third-order valence-electron chi connectivity index (χ3n) is 4.49. The van der Waals surface area contributed by atoms with Crippen LogP contribution < -0.4 is 11.1 Å². The van der Waals surface area contributed by atoms with E-state index in [2.05, 4.69) is 42.4 Å². The van der Waals surface area contributed by atoms with Crippen LogP contribution in [0.4, 0.5) is 5.69 Å². The van der Waals surface area contributed by atoms with Crippen LogP contribution in [-0.2, 0) is 17.9 Å². The molecule has 0 bridgehead atoms. The number of aliphatic imine (C=N–C) groups is 1. The van der Waals surface area contributed by atoms with Crippen LogP contribution in [-0.4, -0.2) is 23.3 Å². The number of amides is 1. The molecule has 1 saturated heterocycles. The molecule has 0 atom stereocenters. The van der Waals surface area contributed by atoms with E-state index in [-0.39, 0.29) is 29.9 Å². The van der Waals surface area contributed by atoms with Gasteiger partial charge in [0.15, 0.2) is 5.96 Å². The van der Waals surface area contributed by atoms with Crippen LogP contribution in [0.2, 0.25) is 0 Å². The predicted molar refractivity (Wildman–Crippen MR) is 121 cm³/mol. The second-order valence-corrected chi connectivity index (χ2v) is 6.94. The molecule has 5 nitrogen and oxygen atoms in total. The lowest BCUT2D eigenvalue weighted by atomic mass is 10.1. The first-order valence-electron chi connectivity index (χ1n) is 9.00. The predicted octanol–water partition coefficient (Wildman–Crippen LogP) is 3.97. The SMILES string of the molecule is Cc1cc(C)cc(NC(N)=NCc2ccc(CN3CCCC3=O)cc2)c1.I. The third-order valence-corrected chi connectivity index (χ3v) is 4.49. The van der Waals surface area contributed by atoms with E-state index in [4.69, 9.17) is 5.73 Å². The van der Waals surface area contributed by atoms with Gasteiger partial charge >= 0.3 is 0 Å². The molecule has 0 radical (unpaired) electrons. The van der Waals surface area contributed by atoms with Gasteiger partial charge in [-0.05, 0) is 54.7 Å². The van der Waals surface area contributed by atoms with Gasteiger partial charge in [-0.3, -0.25) is 4.79 Å². The second-order valence-electron chi connectivity index (χ2n) is 6.94. The lowest BCUT2D eigenvalue weighted by molar-refractivity contribution is -0.128. The minimum Gasteiger partial charge on any atom is -0.370 e. The van der Waals surface area contributed by atoms with E-state index in [1.807, 2.05) is 29.2 Å². The average Bonchev–Trinajstić information content (AvgIpc) is 2.98. The van der Waals surface area contributed by atoms with E-state index in [1.165, 1.54) is 11.1 Å². The first-order chi connectivity index (χ1) is 12.5. The zero-order valence-corrected chi connectivity index (χ0v) is 18.2. The van der Waals surface area contributed by atoms with Crippen LogP contribution in [0.15, 0.2) is 47.5 Å². The highest BCUT2D eigenvalue weighted by Crippen LogP contribution is 2.16. The Morgan fingerprint density at radius 3 is 2.33 bits per heavy atom. The summed E-state index contributed by atoms with van der Waals surface area (Å²) in [5, 5.41) is 3.14. The maximum atomic E-state index is 11.7. The van der Waals surface area contributed by atoms with Crippen molar-refractivity contribution in [1.29, 1.82) is 0 Å². The first-order valence-corrected chi connectivity index (χ1v) is 9.00. The molecule has 1 amide bonds.